The Hall–Kier alpha value is -4.03. The number of aliphatic carboxylic acids is 1. The fourth-order valence-electron chi connectivity index (χ4n) is 5.95. The molecule has 4 aromatic rings. The minimum Gasteiger partial charge on any atom is -0.481 e. The van der Waals surface area contributed by atoms with E-state index in [0.29, 0.717) is 11.5 Å². The summed E-state index contributed by atoms with van der Waals surface area (Å²) in [5, 5.41) is 21.6. The Morgan fingerprint density at radius 1 is 1.14 bits per heavy atom. The second-order valence-corrected chi connectivity index (χ2v) is 13.9. The number of rotatable bonds is 10. The van der Waals surface area contributed by atoms with Gasteiger partial charge >= 0.3 is 5.97 Å². The van der Waals surface area contributed by atoms with Crippen molar-refractivity contribution in [1.29, 1.82) is 0 Å². The predicted octanol–water partition coefficient (Wildman–Crippen LogP) is 4.98. The van der Waals surface area contributed by atoms with Crippen LogP contribution in [-0.2, 0) is 21.4 Å². The summed E-state index contributed by atoms with van der Waals surface area (Å²) in [5.74, 6) is 0.104. The van der Waals surface area contributed by atoms with Gasteiger partial charge in [-0.1, -0.05) is 31.5 Å². The number of carbonyl (C=O) groups is 1. The molecule has 0 unspecified atom stereocenters. The summed E-state index contributed by atoms with van der Waals surface area (Å²) < 4.78 is 37.8. The SMILES string of the molecule is CCCCNc1ccc2c(n1)OC1(CC1)CN(Cc1cc([C@H](CC(=O)O)c3ccn4c(C)nnc4c3C)ccc1C)S2(=O)=O. The summed E-state index contributed by atoms with van der Waals surface area (Å²) in [5.41, 5.74) is 4.31. The predicted molar refractivity (Wildman–Crippen MR) is 166 cm³/mol. The Kier molecular flexibility index (Phi) is 7.83. The first kappa shape index (κ1) is 30.0. The van der Waals surface area contributed by atoms with Gasteiger partial charge in [-0.25, -0.2) is 8.42 Å². The van der Waals surface area contributed by atoms with Crippen molar-refractivity contribution in [2.45, 2.75) is 82.8 Å². The molecule has 11 nitrogen and oxygen atoms in total. The van der Waals surface area contributed by atoms with Crippen molar-refractivity contribution in [3.05, 3.63) is 76.2 Å². The van der Waals surface area contributed by atoms with Crippen molar-refractivity contribution in [2.24, 2.45) is 0 Å². The van der Waals surface area contributed by atoms with Gasteiger partial charge in [-0.3, -0.25) is 9.20 Å². The number of unbranched alkanes of at least 4 members (excludes halogenated alkanes) is 1. The van der Waals surface area contributed by atoms with Crippen LogP contribution in [0.5, 0.6) is 5.88 Å². The largest absolute Gasteiger partial charge is 0.481 e. The van der Waals surface area contributed by atoms with Gasteiger partial charge in [-0.2, -0.15) is 9.29 Å². The highest BCUT2D eigenvalue weighted by Gasteiger charge is 2.52. The molecule has 4 heterocycles. The third kappa shape index (κ3) is 5.63. The van der Waals surface area contributed by atoms with Gasteiger partial charge in [-0.05, 0) is 86.1 Å². The molecule has 1 atom stereocenters. The van der Waals surface area contributed by atoms with E-state index in [2.05, 4.69) is 27.4 Å². The number of hydrogen-bond acceptors (Lipinski definition) is 8. The van der Waals surface area contributed by atoms with Gasteiger partial charge < -0.3 is 15.2 Å². The standard InChI is InChI=1S/C32H38N6O5S/c1-5-6-14-33-28-10-9-27-31(34-28)43-32(12-13-32)19-37(44(27,41)42)18-24-16-23(8-7-20(24)2)26(17-29(39)40)25-11-15-38-22(4)35-36-30(38)21(25)3/h7-11,15-16,26H,5-6,12-14,17-19H2,1-4H3,(H,33,34)(H,39,40)/t26-/m0/s1. The number of pyridine rings is 2. The quantitative estimate of drug-likeness (QED) is 0.236. The number of sulfonamides is 1. The van der Waals surface area contributed by atoms with Gasteiger partial charge in [0.25, 0.3) is 0 Å². The van der Waals surface area contributed by atoms with Crippen molar-refractivity contribution in [2.75, 3.05) is 18.4 Å². The molecule has 1 aromatic carbocycles. The van der Waals surface area contributed by atoms with Gasteiger partial charge in [0.2, 0.25) is 15.9 Å². The molecule has 0 radical (unpaired) electrons. The van der Waals surface area contributed by atoms with Crippen LogP contribution >= 0.6 is 0 Å². The first-order chi connectivity index (χ1) is 21.0. The molecule has 3 aromatic heterocycles. The van der Waals surface area contributed by atoms with Gasteiger partial charge in [0.05, 0.1) is 13.0 Å². The van der Waals surface area contributed by atoms with E-state index < -0.39 is 27.5 Å². The van der Waals surface area contributed by atoms with E-state index in [1.807, 2.05) is 55.6 Å². The minimum atomic E-state index is -3.93. The highest BCUT2D eigenvalue weighted by Crippen LogP contribution is 2.46. The monoisotopic (exact) mass is 618 g/mol. The minimum absolute atomic E-state index is 0.0624. The van der Waals surface area contributed by atoms with E-state index in [1.54, 1.807) is 12.1 Å². The number of anilines is 1. The molecule has 2 aliphatic rings. The van der Waals surface area contributed by atoms with E-state index >= 15 is 0 Å². The highest BCUT2D eigenvalue weighted by atomic mass is 32.2. The number of nitrogens with one attached hydrogen (secondary N) is 1. The molecule has 232 valence electrons. The molecular weight excluding hydrogens is 580 g/mol. The zero-order valence-corrected chi connectivity index (χ0v) is 26.3. The Balaban J connectivity index is 1.35. The maximum Gasteiger partial charge on any atom is 0.304 e. The summed E-state index contributed by atoms with van der Waals surface area (Å²) in [6, 6.07) is 11.0. The van der Waals surface area contributed by atoms with Crippen molar-refractivity contribution in [3.8, 4) is 5.88 Å². The smallest absolute Gasteiger partial charge is 0.304 e. The van der Waals surface area contributed by atoms with Crippen molar-refractivity contribution >= 4 is 27.5 Å². The van der Waals surface area contributed by atoms with Crippen LogP contribution in [-0.4, -0.2) is 62.1 Å². The molecular formula is C32H38N6O5S. The summed E-state index contributed by atoms with van der Waals surface area (Å²) in [4.78, 5) is 16.7. The van der Waals surface area contributed by atoms with Crippen LogP contribution in [0, 0.1) is 20.8 Å². The van der Waals surface area contributed by atoms with Gasteiger partial charge in [0.15, 0.2) is 5.65 Å². The number of nitrogens with zero attached hydrogens (tertiary/aromatic N) is 5. The fraction of sp³-hybridized carbons (Fsp3) is 0.438. The number of carboxylic acids is 1. The molecule has 44 heavy (non-hydrogen) atoms. The van der Waals surface area contributed by atoms with E-state index in [9.17, 15) is 18.3 Å². The van der Waals surface area contributed by atoms with Crippen molar-refractivity contribution in [1.82, 2.24) is 23.9 Å². The first-order valence-corrected chi connectivity index (χ1v) is 16.5. The van der Waals surface area contributed by atoms with Crippen LogP contribution in [0.1, 0.15) is 78.6 Å². The lowest BCUT2D eigenvalue weighted by Crippen LogP contribution is -2.38. The van der Waals surface area contributed by atoms with Gasteiger partial charge in [0, 0.05) is 25.2 Å². The van der Waals surface area contributed by atoms with Crippen LogP contribution in [0.2, 0.25) is 0 Å². The fourth-order valence-corrected chi connectivity index (χ4v) is 7.49. The Morgan fingerprint density at radius 3 is 2.66 bits per heavy atom. The molecule has 0 bridgehead atoms. The average molecular weight is 619 g/mol. The molecule has 1 aliphatic carbocycles. The third-order valence-corrected chi connectivity index (χ3v) is 10.6. The van der Waals surface area contributed by atoms with Crippen LogP contribution in [0.3, 0.4) is 0 Å². The van der Waals surface area contributed by atoms with E-state index in [-0.39, 0.29) is 30.3 Å². The number of ether oxygens (including phenoxy) is 1. The van der Waals surface area contributed by atoms with E-state index in [1.165, 1.54) is 4.31 Å². The van der Waals surface area contributed by atoms with Crippen LogP contribution in [0.25, 0.3) is 5.65 Å². The molecule has 1 fully saturated rings. The van der Waals surface area contributed by atoms with Crippen LogP contribution in [0.15, 0.2) is 47.5 Å². The first-order valence-electron chi connectivity index (χ1n) is 15.1. The molecule has 12 heteroatoms. The number of aryl methyl sites for hydroxylation is 3. The Labute approximate surface area is 257 Å². The molecule has 1 saturated carbocycles. The Bertz CT molecular complexity index is 1850. The zero-order valence-electron chi connectivity index (χ0n) is 25.5. The van der Waals surface area contributed by atoms with Gasteiger partial charge in [-0.15, -0.1) is 10.2 Å². The molecule has 1 aliphatic heterocycles. The second-order valence-electron chi connectivity index (χ2n) is 12.0. The summed E-state index contributed by atoms with van der Waals surface area (Å²) in [6.45, 7) is 8.94. The molecule has 1 spiro atoms. The van der Waals surface area contributed by atoms with Crippen molar-refractivity contribution < 1.29 is 23.1 Å². The van der Waals surface area contributed by atoms with Crippen LogP contribution in [0.4, 0.5) is 5.82 Å². The number of aromatic nitrogens is 4. The third-order valence-electron chi connectivity index (χ3n) is 8.78. The topological polar surface area (TPSA) is 139 Å². The lowest BCUT2D eigenvalue weighted by molar-refractivity contribution is -0.137. The lowest BCUT2D eigenvalue weighted by Gasteiger charge is -2.25. The normalized spacial score (nSPS) is 17.5. The lowest BCUT2D eigenvalue weighted by atomic mass is 9.85. The van der Waals surface area contributed by atoms with E-state index in [0.717, 1.165) is 65.9 Å². The number of benzene rings is 1. The maximum absolute atomic E-state index is 14.1. The molecule has 0 saturated heterocycles. The van der Waals surface area contributed by atoms with Crippen LogP contribution < -0.4 is 10.1 Å². The summed E-state index contributed by atoms with van der Waals surface area (Å²) in [7, 11) is -3.93. The molecule has 6 rings (SSSR count). The number of carboxylic acid groups (broad SMARTS) is 1. The average Bonchev–Trinajstić information content (AvgIpc) is 3.64. The second kappa shape index (κ2) is 11.5. The maximum atomic E-state index is 14.1. The zero-order chi connectivity index (χ0) is 31.2. The highest BCUT2D eigenvalue weighted by molar-refractivity contribution is 7.89. The summed E-state index contributed by atoms with van der Waals surface area (Å²) >= 11 is 0. The van der Waals surface area contributed by atoms with Gasteiger partial charge in [0.1, 0.15) is 22.1 Å². The number of fused-ring (bicyclic) bond motifs is 2. The molecule has 2 N–H and O–H groups in total. The van der Waals surface area contributed by atoms with E-state index in [4.69, 9.17) is 4.74 Å². The molecule has 0 amide bonds. The summed E-state index contributed by atoms with van der Waals surface area (Å²) in [6.07, 6.45) is 5.25. The van der Waals surface area contributed by atoms with Crippen molar-refractivity contribution in [3.63, 3.8) is 0 Å². The number of hydrogen-bond donors (Lipinski definition) is 2. The Morgan fingerprint density at radius 2 is 1.93 bits per heavy atom.